The summed E-state index contributed by atoms with van der Waals surface area (Å²) in [5, 5.41) is 20.2. The molecule has 11 heteroatoms. The maximum absolute atomic E-state index is 13.5. The molecule has 1 N–H and O–H groups in total. The zero-order chi connectivity index (χ0) is 23.3. The van der Waals surface area contributed by atoms with Gasteiger partial charge in [0.15, 0.2) is 0 Å². The van der Waals surface area contributed by atoms with Crippen molar-refractivity contribution < 1.29 is 19.3 Å². The Bertz CT molecular complexity index is 1240. The maximum Gasteiger partial charge on any atom is 0.271 e. The lowest BCUT2D eigenvalue weighted by Crippen LogP contribution is -2.47. The molecule has 0 aromatic heterocycles. The van der Waals surface area contributed by atoms with E-state index in [1.165, 1.54) is 35.5 Å². The van der Waals surface area contributed by atoms with Gasteiger partial charge >= 0.3 is 0 Å². The maximum atomic E-state index is 13.5. The number of hydrogen-bond acceptors (Lipinski definition) is 7. The van der Waals surface area contributed by atoms with E-state index in [4.69, 9.17) is 11.6 Å². The Labute approximate surface area is 192 Å². The molecule has 0 bridgehead atoms. The Kier molecular flexibility index (Phi) is 4.94. The Morgan fingerprint density at radius 1 is 1.09 bits per heavy atom. The van der Waals surface area contributed by atoms with Gasteiger partial charge in [0.1, 0.15) is 6.04 Å². The second-order valence-corrected chi connectivity index (χ2v) is 8.24. The van der Waals surface area contributed by atoms with Gasteiger partial charge in [-0.05, 0) is 36.4 Å². The fourth-order valence-corrected chi connectivity index (χ4v) is 4.71. The van der Waals surface area contributed by atoms with Gasteiger partial charge in [0.05, 0.1) is 28.5 Å². The number of carbonyl (C=O) groups is 3. The van der Waals surface area contributed by atoms with Gasteiger partial charge in [0.2, 0.25) is 17.7 Å². The first-order chi connectivity index (χ1) is 15.9. The fraction of sp³-hybridized carbons (Fsp3) is 0.182. The van der Waals surface area contributed by atoms with E-state index >= 15 is 0 Å². The van der Waals surface area contributed by atoms with E-state index in [-0.39, 0.29) is 11.4 Å². The summed E-state index contributed by atoms with van der Waals surface area (Å²) in [6.07, 6.45) is 4.88. The molecule has 10 nitrogen and oxygen atoms in total. The van der Waals surface area contributed by atoms with E-state index in [2.05, 4.69) is 10.4 Å². The van der Waals surface area contributed by atoms with Crippen molar-refractivity contribution in [3.8, 4) is 0 Å². The zero-order valence-corrected chi connectivity index (χ0v) is 17.6. The topological polar surface area (TPSA) is 125 Å². The molecule has 2 aromatic rings. The van der Waals surface area contributed by atoms with Gasteiger partial charge in [-0.2, -0.15) is 5.10 Å². The first-order valence-electron chi connectivity index (χ1n) is 10.0. The summed E-state index contributed by atoms with van der Waals surface area (Å²) < 4.78 is 0. The molecule has 0 radical (unpaired) electrons. The number of carbonyl (C=O) groups excluding carboxylic acids is 3. The number of nitro groups is 1. The number of rotatable bonds is 4. The molecule has 2 aromatic carbocycles. The minimum atomic E-state index is -1.04. The number of nitrogens with one attached hydrogen (secondary N) is 1. The lowest BCUT2D eigenvalue weighted by molar-refractivity contribution is -0.384. The average Bonchev–Trinajstić information content (AvgIpc) is 3.28. The Hall–Kier alpha value is -4.05. The van der Waals surface area contributed by atoms with Gasteiger partial charge in [-0.1, -0.05) is 23.7 Å². The summed E-state index contributed by atoms with van der Waals surface area (Å²) in [4.78, 5) is 51.6. The number of allylic oxidation sites excluding steroid dienone is 1. The van der Waals surface area contributed by atoms with Crippen LogP contribution in [0, 0.1) is 22.0 Å². The highest BCUT2D eigenvalue weighted by atomic mass is 35.5. The molecule has 0 unspecified atom stereocenters. The Morgan fingerprint density at radius 2 is 1.82 bits per heavy atom. The van der Waals surface area contributed by atoms with Gasteiger partial charge in [0, 0.05) is 29.1 Å². The smallest absolute Gasteiger partial charge is 0.271 e. The van der Waals surface area contributed by atoms with Gasteiger partial charge < -0.3 is 5.32 Å². The Balaban J connectivity index is 1.51. The molecule has 3 aliphatic heterocycles. The molecule has 33 heavy (non-hydrogen) atoms. The van der Waals surface area contributed by atoms with Gasteiger partial charge in [-0.15, -0.1) is 0 Å². The first kappa shape index (κ1) is 20.8. The monoisotopic (exact) mass is 465 g/mol. The summed E-state index contributed by atoms with van der Waals surface area (Å²) >= 11 is 5.90. The molecule has 0 aliphatic carbocycles. The number of anilines is 2. The highest BCUT2D eigenvalue weighted by molar-refractivity contribution is 6.30. The van der Waals surface area contributed by atoms with Crippen molar-refractivity contribution in [1.29, 1.82) is 0 Å². The number of halogens is 1. The molecular formula is C22H16ClN5O5. The molecule has 2 fully saturated rings. The van der Waals surface area contributed by atoms with Gasteiger partial charge in [-0.3, -0.25) is 29.5 Å². The van der Waals surface area contributed by atoms with Crippen molar-refractivity contribution in [3.05, 3.63) is 75.8 Å². The van der Waals surface area contributed by atoms with E-state index < -0.39 is 46.6 Å². The predicted molar refractivity (Wildman–Crippen MR) is 120 cm³/mol. The van der Waals surface area contributed by atoms with Crippen LogP contribution in [0.2, 0.25) is 5.02 Å². The number of fused-ring (bicyclic) bond motifs is 3. The number of nitro benzene ring substituents is 1. The molecule has 166 valence electrons. The number of imide groups is 1. The second kappa shape index (κ2) is 7.82. The van der Waals surface area contributed by atoms with Crippen LogP contribution >= 0.6 is 11.6 Å². The number of amides is 3. The van der Waals surface area contributed by atoms with E-state index in [1.54, 1.807) is 36.4 Å². The third-order valence-corrected chi connectivity index (χ3v) is 6.22. The van der Waals surface area contributed by atoms with Crippen molar-refractivity contribution in [2.75, 3.05) is 10.2 Å². The van der Waals surface area contributed by atoms with Gasteiger partial charge in [-0.25, -0.2) is 4.90 Å². The third kappa shape index (κ3) is 3.35. The highest BCUT2D eigenvalue weighted by Gasteiger charge is 2.64. The summed E-state index contributed by atoms with van der Waals surface area (Å²) in [5.74, 6) is -3.48. The normalized spacial score (nSPS) is 25.2. The summed E-state index contributed by atoms with van der Waals surface area (Å²) in [6.45, 7) is 0. The SMILES string of the molecule is O=C(Nc1ccc(Cl)cc1)[C@@H]1[C@@H]2C(=O)N(c3cccc([N+](=O)[O-])c3)C(=O)[C@H]2[C@@H]2C=CC=NN12. The van der Waals surface area contributed by atoms with Crippen LogP contribution in [-0.4, -0.2) is 46.0 Å². The lowest BCUT2D eigenvalue weighted by Gasteiger charge is -2.30. The van der Waals surface area contributed by atoms with Crippen LogP contribution < -0.4 is 10.2 Å². The van der Waals surface area contributed by atoms with Crippen molar-refractivity contribution >= 4 is 52.6 Å². The molecule has 3 aliphatic rings. The summed E-state index contributed by atoms with van der Waals surface area (Å²) in [6, 6.07) is 10.2. The van der Waals surface area contributed by atoms with E-state index in [0.717, 1.165) is 4.90 Å². The van der Waals surface area contributed by atoms with Crippen molar-refractivity contribution in [1.82, 2.24) is 5.01 Å². The minimum absolute atomic E-state index is 0.0975. The van der Waals surface area contributed by atoms with E-state index in [1.807, 2.05) is 0 Å². The van der Waals surface area contributed by atoms with Crippen LogP contribution in [-0.2, 0) is 14.4 Å². The van der Waals surface area contributed by atoms with Gasteiger partial charge in [0.25, 0.3) is 5.69 Å². The number of non-ortho nitro benzene ring substituents is 1. The van der Waals surface area contributed by atoms with Crippen LogP contribution in [0.25, 0.3) is 0 Å². The fourth-order valence-electron chi connectivity index (χ4n) is 4.59. The van der Waals surface area contributed by atoms with Crippen molar-refractivity contribution in [3.63, 3.8) is 0 Å². The van der Waals surface area contributed by atoms with Crippen LogP contribution in [0.3, 0.4) is 0 Å². The predicted octanol–water partition coefficient (Wildman–Crippen LogP) is 2.60. The number of nitrogens with zero attached hydrogens (tertiary/aromatic N) is 4. The average molecular weight is 466 g/mol. The summed E-state index contributed by atoms with van der Waals surface area (Å²) in [5.41, 5.74) is 0.333. The second-order valence-electron chi connectivity index (χ2n) is 7.80. The lowest BCUT2D eigenvalue weighted by atomic mass is 9.88. The minimum Gasteiger partial charge on any atom is -0.324 e. The zero-order valence-electron chi connectivity index (χ0n) is 16.9. The highest BCUT2D eigenvalue weighted by Crippen LogP contribution is 2.46. The molecule has 0 saturated carbocycles. The number of benzene rings is 2. The molecule has 3 heterocycles. The standard InChI is InChI=1S/C22H16ClN5O5/c23-12-6-8-13(9-7-12)25-20(29)19-18-17(16-5-2-10-24-27(16)19)21(30)26(22(18)31)14-3-1-4-15(11-14)28(32)33/h1-11,16-19H,(H,25,29)/t16-,17-,18+,19-/m0/s1. The molecule has 3 amide bonds. The molecule has 0 spiro atoms. The molecule has 4 atom stereocenters. The van der Waals surface area contributed by atoms with E-state index in [9.17, 15) is 24.5 Å². The number of hydrazone groups is 1. The van der Waals surface area contributed by atoms with Crippen molar-refractivity contribution in [2.45, 2.75) is 12.1 Å². The largest absolute Gasteiger partial charge is 0.324 e. The molecular weight excluding hydrogens is 450 g/mol. The van der Waals surface area contributed by atoms with Crippen LogP contribution in [0.15, 0.2) is 65.8 Å². The van der Waals surface area contributed by atoms with Crippen LogP contribution in [0.5, 0.6) is 0 Å². The van der Waals surface area contributed by atoms with Crippen LogP contribution in [0.1, 0.15) is 0 Å². The summed E-state index contributed by atoms with van der Waals surface area (Å²) in [7, 11) is 0. The molecule has 2 saturated heterocycles. The Morgan fingerprint density at radius 3 is 2.55 bits per heavy atom. The van der Waals surface area contributed by atoms with Crippen molar-refractivity contribution in [2.24, 2.45) is 16.9 Å². The third-order valence-electron chi connectivity index (χ3n) is 5.97. The molecule has 5 rings (SSSR count). The van der Waals surface area contributed by atoms with E-state index in [0.29, 0.717) is 10.7 Å². The van der Waals surface area contributed by atoms with Crippen LogP contribution in [0.4, 0.5) is 17.1 Å². The first-order valence-corrected chi connectivity index (χ1v) is 10.4. The quantitative estimate of drug-likeness (QED) is 0.420. The number of hydrogen-bond donors (Lipinski definition) is 1.